The standard InChI is InChI=1S/C28H22ClFN2O5/c29-24-16(14-4-7-22-23(10-14)36-9-8-35-22)2-1-3-18(24)27-31-20-11-19-17(25(30)26(20)37-27)5-6-21(19)32-12-15(13-32)28(33)34/h1-4,7,10-11,15,21H,5-6,8-9,12-13H2,(H,33,34)/t21-/m0/s1. The molecule has 188 valence electrons. The van der Waals surface area contributed by atoms with Crippen LogP contribution in [0.3, 0.4) is 0 Å². The van der Waals surface area contributed by atoms with Crippen LogP contribution in [0.25, 0.3) is 33.7 Å². The van der Waals surface area contributed by atoms with Gasteiger partial charge in [0.15, 0.2) is 22.9 Å². The molecule has 2 aliphatic heterocycles. The van der Waals surface area contributed by atoms with Gasteiger partial charge in [-0.25, -0.2) is 9.37 Å². The van der Waals surface area contributed by atoms with Crippen molar-refractivity contribution >= 4 is 28.7 Å². The molecule has 9 heteroatoms. The van der Waals surface area contributed by atoms with Gasteiger partial charge in [-0.15, -0.1) is 0 Å². The lowest BCUT2D eigenvalue weighted by molar-refractivity contribution is -0.148. The molecule has 1 atom stereocenters. The summed E-state index contributed by atoms with van der Waals surface area (Å²) in [5.41, 5.74) is 4.21. The Labute approximate surface area is 216 Å². The predicted molar refractivity (Wildman–Crippen MR) is 135 cm³/mol. The van der Waals surface area contributed by atoms with Crippen LogP contribution in [0.5, 0.6) is 11.5 Å². The summed E-state index contributed by atoms with van der Waals surface area (Å²) in [4.78, 5) is 17.9. The van der Waals surface area contributed by atoms with E-state index in [4.69, 9.17) is 25.5 Å². The van der Waals surface area contributed by atoms with Gasteiger partial charge in [0.1, 0.15) is 18.7 Å². The van der Waals surface area contributed by atoms with Gasteiger partial charge in [0.25, 0.3) is 0 Å². The number of aromatic nitrogens is 1. The molecule has 3 heterocycles. The van der Waals surface area contributed by atoms with Gasteiger partial charge in [-0.1, -0.05) is 29.8 Å². The molecule has 3 aromatic carbocycles. The number of fused-ring (bicyclic) bond motifs is 3. The van der Waals surface area contributed by atoms with Crippen molar-refractivity contribution in [2.75, 3.05) is 26.3 Å². The first kappa shape index (κ1) is 22.6. The van der Waals surface area contributed by atoms with E-state index < -0.39 is 11.8 Å². The molecule has 7 nitrogen and oxygen atoms in total. The summed E-state index contributed by atoms with van der Waals surface area (Å²) >= 11 is 6.84. The highest BCUT2D eigenvalue weighted by Gasteiger charge is 2.41. The van der Waals surface area contributed by atoms with Crippen LogP contribution in [-0.2, 0) is 11.2 Å². The Kier molecular flexibility index (Phi) is 5.16. The monoisotopic (exact) mass is 520 g/mol. The quantitative estimate of drug-likeness (QED) is 0.368. The van der Waals surface area contributed by atoms with Crippen LogP contribution >= 0.6 is 11.6 Å². The van der Waals surface area contributed by atoms with Crippen LogP contribution in [0.1, 0.15) is 23.6 Å². The Balaban J connectivity index is 1.25. The van der Waals surface area contributed by atoms with Crippen molar-refractivity contribution in [1.82, 2.24) is 9.88 Å². The van der Waals surface area contributed by atoms with Gasteiger partial charge in [0, 0.05) is 24.7 Å². The Morgan fingerprint density at radius 2 is 1.86 bits per heavy atom. The van der Waals surface area contributed by atoms with Gasteiger partial charge in [0.05, 0.1) is 16.5 Å². The number of nitrogens with zero attached hydrogens (tertiary/aromatic N) is 2. The smallest absolute Gasteiger partial charge is 0.309 e. The molecule has 1 aromatic heterocycles. The topological polar surface area (TPSA) is 85.0 Å². The first-order chi connectivity index (χ1) is 18.0. The lowest BCUT2D eigenvalue weighted by Crippen LogP contribution is -2.51. The minimum Gasteiger partial charge on any atom is -0.486 e. The zero-order valence-electron chi connectivity index (χ0n) is 19.7. The van der Waals surface area contributed by atoms with Gasteiger partial charge in [-0.05, 0) is 53.8 Å². The molecule has 0 amide bonds. The van der Waals surface area contributed by atoms with E-state index in [9.17, 15) is 9.90 Å². The second-order valence-electron chi connectivity index (χ2n) is 9.69. The minimum absolute atomic E-state index is 0.00762. The SMILES string of the molecule is O=C(O)C1CN([C@H]2CCc3c2cc2nc(-c4cccc(-c5ccc6c(c5)OCCO6)c4Cl)oc2c3F)C1. The van der Waals surface area contributed by atoms with Crippen molar-refractivity contribution in [3.63, 3.8) is 0 Å². The molecule has 1 saturated heterocycles. The number of hydrogen-bond acceptors (Lipinski definition) is 6. The van der Waals surface area contributed by atoms with E-state index in [2.05, 4.69) is 9.88 Å². The molecule has 4 aromatic rings. The number of carboxylic acids is 1. The second-order valence-corrected chi connectivity index (χ2v) is 10.1. The summed E-state index contributed by atoms with van der Waals surface area (Å²) in [6.45, 7) is 1.96. The maximum Gasteiger partial charge on any atom is 0.309 e. The Morgan fingerprint density at radius 3 is 2.68 bits per heavy atom. The van der Waals surface area contributed by atoms with E-state index in [0.717, 1.165) is 23.1 Å². The van der Waals surface area contributed by atoms with E-state index in [1.165, 1.54) is 0 Å². The van der Waals surface area contributed by atoms with Crippen molar-refractivity contribution in [3.05, 3.63) is 64.4 Å². The number of carboxylic acid groups (broad SMARTS) is 1. The predicted octanol–water partition coefficient (Wildman–Crippen LogP) is 5.73. The van der Waals surface area contributed by atoms with Crippen LogP contribution in [0, 0.1) is 11.7 Å². The fourth-order valence-electron chi connectivity index (χ4n) is 5.62. The number of halogens is 2. The molecule has 1 fully saturated rings. The fraction of sp³-hybridized carbons (Fsp3) is 0.286. The number of benzene rings is 3. The molecular formula is C28H22ClFN2O5. The van der Waals surface area contributed by atoms with Crippen molar-refractivity contribution in [2.24, 2.45) is 5.92 Å². The molecule has 0 saturated carbocycles. The first-order valence-corrected chi connectivity index (χ1v) is 12.6. The van der Waals surface area contributed by atoms with Gasteiger partial charge in [-0.3, -0.25) is 9.69 Å². The van der Waals surface area contributed by atoms with Crippen molar-refractivity contribution in [3.8, 4) is 34.1 Å². The van der Waals surface area contributed by atoms with Crippen molar-refractivity contribution in [2.45, 2.75) is 18.9 Å². The third-order valence-corrected chi connectivity index (χ3v) is 7.97. The molecule has 0 radical (unpaired) electrons. The summed E-state index contributed by atoms with van der Waals surface area (Å²) < 4.78 is 32.8. The highest BCUT2D eigenvalue weighted by atomic mass is 35.5. The fourth-order valence-corrected chi connectivity index (χ4v) is 5.94. The number of hydrogen-bond donors (Lipinski definition) is 1. The van der Waals surface area contributed by atoms with Crippen molar-refractivity contribution in [1.29, 1.82) is 0 Å². The number of oxazole rings is 1. The number of likely N-dealkylation sites (tertiary alicyclic amines) is 1. The second kappa shape index (κ2) is 8.46. The van der Waals surface area contributed by atoms with Crippen LogP contribution in [0.4, 0.5) is 4.39 Å². The molecule has 3 aliphatic rings. The molecule has 0 unspecified atom stereocenters. The maximum atomic E-state index is 15.6. The van der Waals surface area contributed by atoms with E-state index in [1.54, 1.807) is 6.07 Å². The maximum absolute atomic E-state index is 15.6. The molecule has 0 spiro atoms. The van der Waals surface area contributed by atoms with E-state index in [0.29, 0.717) is 65.9 Å². The van der Waals surface area contributed by atoms with E-state index in [-0.39, 0.29) is 23.4 Å². The van der Waals surface area contributed by atoms with E-state index >= 15 is 4.39 Å². The summed E-state index contributed by atoms with van der Waals surface area (Å²) in [6, 6.07) is 13.1. The Morgan fingerprint density at radius 1 is 1.08 bits per heavy atom. The van der Waals surface area contributed by atoms with Crippen molar-refractivity contribution < 1.29 is 28.2 Å². The normalized spacial score (nSPS) is 19.1. The minimum atomic E-state index is -0.785. The third-order valence-electron chi connectivity index (χ3n) is 7.57. The molecule has 1 N–H and O–H groups in total. The molecular weight excluding hydrogens is 499 g/mol. The van der Waals surface area contributed by atoms with Crippen LogP contribution in [-0.4, -0.2) is 47.3 Å². The largest absolute Gasteiger partial charge is 0.486 e. The molecule has 1 aliphatic carbocycles. The highest BCUT2D eigenvalue weighted by molar-refractivity contribution is 6.36. The summed E-state index contributed by atoms with van der Waals surface area (Å²) in [7, 11) is 0. The summed E-state index contributed by atoms with van der Waals surface area (Å²) in [6.07, 6.45) is 1.33. The van der Waals surface area contributed by atoms with E-state index in [1.807, 2.05) is 36.4 Å². The zero-order chi connectivity index (χ0) is 25.3. The molecule has 7 rings (SSSR count). The average Bonchev–Trinajstić information content (AvgIpc) is 3.48. The lowest BCUT2D eigenvalue weighted by Gasteiger charge is -2.41. The van der Waals surface area contributed by atoms with Crippen LogP contribution < -0.4 is 9.47 Å². The number of carbonyl (C=O) groups is 1. The van der Waals surface area contributed by atoms with Crippen LogP contribution in [0.15, 0.2) is 46.9 Å². The summed E-state index contributed by atoms with van der Waals surface area (Å²) in [5.74, 6) is 0.0546. The van der Waals surface area contributed by atoms with Gasteiger partial charge in [-0.2, -0.15) is 0 Å². The van der Waals surface area contributed by atoms with Gasteiger partial charge < -0.3 is 19.0 Å². The number of aliphatic carboxylic acids is 1. The number of rotatable bonds is 4. The number of ether oxygens (including phenoxy) is 2. The Bertz CT molecular complexity index is 1580. The van der Waals surface area contributed by atoms with Gasteiger partial charge >= 0.3 is 5.97 Å². The first-order valence-electron chi connectivity index (χ1n) is 12.3. The Hall–Kier alpha value is -3.62. The van der Waals surface area contributed by atoms with Gasteiger partial charge in [0.2, 0.25) is 5.89 Å². The van der Waals surface area contributed by atoms with Crippen LogP contribution in [0.2, 0.25) is 5.02 Å². The third kappa shape index (κ3) is 3.58. The lowest BCUT2D eigenvalue weighted by atomic mass is 9.95. The average molecular weight is 521 g/mol. The molecule has 0 bridgehead atoms. The highest BCUT2D eigenvalue weighted by Crippen LogP contribution is 2.45. The molecule has 37 heavy (non-hydrogen) atoms. The summed E-state index contributed by atoms with van der Waals surface area (Å²) in [5, 5.41) is 9.66. The zero-order valence-corrected chi connectivity index (χ0v) is 20.4.